The highest BCUT2D eigenvalue weighted by Crippen LogP contribution is 2.54. The van der Waals surface area contributed by atoms with Gasteiger partial charge in [0.2, 0.25) is 0 Å². The lowest BCUT2D eigenvalue weighted by atomic mass is 9.92. The summed E-state index contributed by atoms with van der Waals surface area (Å²) in [5.41, 5.74) is 1.18. The molecule has 0 spiro atoms. The molecule has 2 saturated carbocycles. The quantitative estimate of drug-likeness (QED) is 0.850. The summed E-state index contributed by atoms with van der Waals surface area (Å²) in [5, 5.41) is 14.3. The number of aliphatic hydroxyl groups excluding tert-OH is 1. The van der Waals surface area contributed by atoms with E-state index in [-0.39, 0.29) is 11.5 Å². The smallest absolute Gasteiger partial charge is 0.0858 e. The van der Waals surface area contributed by atoms with E-state index in [9.17, 15) is 5.11 Å². The predicted molar refractivity (Wildman–Crippen MR) is 77.9 cm³/mol. The van der Waals surface area contributed by atoms with Crippen LogP contribution in [0.25, 0.3) is 0 Å². The van der Waals surface area contributed by atoms with Crippen molar-refractivity contribution in [3.63, 3.8) is 0 Å². The fourth-order valence-electron chi connectivity index (χ4n) is 3.44. The largest absolute Gasteiger partial charge is 0.388 e. The normalized spacial score (nSPS) is 30.2. The Morgan fingerprint density at radius 2 is 2.00 bits per heavy atom. The number of hydrogen-bond donors (Lipinski definition) is 2. The standard InChI is InChI=1S/C17H25NO/c1-13-7-8-15(11-13)18-12-17(9-10-17)16(19)14-5-3-2-4-6-14/h2-6,13,15-16,18-19H,7-12H2,1H3. The van der Waals surface area contributed by atoms with Crippen molar-refractivity contribution in [3.05, 3.63) is 35.9 Å². The van der Waals surface area contributed by atoms with Gasteiger partial charge in [-0.2, -0.15) is 0 Å². The van der Waals surface area contributed by atoms with Crippen LogP contribution in [0.15, 0.2) is 30.3 Å². The van der Waals surface area contributed by atoms with Gasteiger partial charge in [0.15, 0.2) is 0 Å². The highest BCUT2D eigenvalue weighted by molar-refractivity contribution is 5.22. The summed E-state index contributed by atoms with van der Waals surface area (Å²) in [6, 6.07) is 10.8. The van der Waals surface area contributed by atoms with Crippen molar-refractivity contribution in [1.29, 1.82) is 0 Å². The second kappa shape index (κ2) is 5.26. The van der Waals surface area contributed by atoms with Crippen molar-refractivity contribution in [2.24, 2.45) is 11.3 Å². The summed E-state index contributed by atoms with van der Waals surface area (Å²) in [6.45, 7) is 3.31. The summed E-state index contributed by atoms with van der Waals surface area (Å²) >= 11 is 0. The fourth-order valence-corrected chi connectivity index (χ4v) is 3.44. The molecule has 0 radical (unpaired) electrons. The second-order valence-corrected chi connectivity index (χ2v) is 6.67. The molecular weight excluding hydrogens is 234 g/mol. The van der Waals surface area contributed by atoms with E-state index in [1.54, 1.807) is 0 Å². The number of benzene rings is 1. The summed E-state index contributed by atoms with van der Waals surface area (Å²) in [7, 11) is 0. The van der Waals surface area contributed by atoms with Gasteiger partial charge in [0, 0.05) is 18.0 Å². The van der Waals surface area contributed by atoms with E-state index in [0.29, 0.717) is 6.04 Å². The third-order valence-corrected chi connectivity index (χ3v) is 5.03. The SMILES string of the molecule is CC1CCC(NCC2(C(O)c3ccccc3)CC2)C1. The molecule has 19 heavy (non-hydrogen) atoms. The third kappa shape index (κ3) is 2.85. The zero-order valence-electron chi connectivity index (χ0n) is 11.8. The second-order valence-electron chi connectivity index (χ2n) is 6.67. The lowest BCUT2D eigenvalue weighted by Crippen LogP contribution is -2.35. The summed E-state index contributed by atoms with van der Waals surface area (Å²) in [4.78, 5) is 0. The zero-order valence-corrected chi connectivity index (χ0v) is 11.8. The number of aliphatic hydroxyl groups is 1. The number of hydrogen-bond acceptors (Lipinski definition) is 2. The maximum absolute atomic E-state index is 10.6. The van der Waals surface area contributed by atoms with Gasteiger partial charge in [-0.1, -0.05) is 37.3 Å². The monoisotopic (exact) mass is 259 g/mol. The zero-order chi connectivity index (χ0) is 13.3. The molecule has 0 aliphatic heterocycles. The molecule has 0 amide bonds. The van der Waals surface area contributed by atoms with Gasteiger partial charge in [0.25, 0.3) is 0 Å². The fraction of sp³-hybridized carbons (Fsp3) is 0.647. The van der Waals surface area contributed by atoms with Crippen molar-refractivity contribution in [1.82, 2.24) is 5.32 Å². The Morgan fingerprint density at radius 3 is 2.58 bits per heavy atom. The molecule has 2 aliphatic carbocycles. The van der Waals surface area contributed by atoms with Crippen molar-refractivity contribution in [2.75, 3.05) is 6.54 Å². The number of rotatable bonds is 5. The van der Waals surface area contributed by atoms with Gasteiger partial charge in [-0.3, -0.25) is 0 Å². The van der Waals surface area contributed by atoms with Crippen LogP contribution in [-0.2, 0) is 0 Å². The van der Waals surface area contributed by atoms with E-state index in [1.165, 1.54) is 19.3 Å². The molecule has 3 atom stereocenters. The lowest BCUT2D eigenvalue weighted by molar-refractivity contribution is 0.0900. The minimum Gasteiger partial charge on any atom is -0.388 e. The summed E-state index contributed by atoms with van der Waals surface area (Å²) in [5.74, 6) is 0.867. The first-order valence-electron chi connectivity index (χ1n) is 7.66. The molecule has 0 aromatic heterocycles. The van der Waals surface area contributed by atoms with Gasteiger partial charge in [-0.15, -0.1) is 0 Å². The molecule has 3 unspecified atom stereocenters. The molecule has 2 aliphatic rings. The molecule has 104 valence electrons. The van der Waals surface area contributed by atoms with Crippen molar-refractivity contribution < 1.29 is 5.11 Å². The van der Waals surface area contributed by atoms with Gasteiger partial charge >= 0.3 is 0 Å². The molecule has 2 N–H and O–H groups in total. The van der Waals surface area contributed by atoms with Crippen LogP contribution in [0.4, 0.5) is 0 Å². The van der Waals surface area contributed by atoms with Gasteiger partial charge in [-0.05, 0) is 43.6 Å². The molecule has 2 fully saturated rings. The van der Waals surface area contributed by atoms with E-state index in [1.807, 2.05) is 30.3 Å². The van der Waals surface area contributed by atoms with E-state index < -0.39 is 0 Å². The Hall–Kier alpha value is -0.860. The van der Waals surface area contributed by atoms with Crippen LogP contribution in [0, 0.1) is 11.3 Å². The van der Waals surface area contributed by atoms with E-state index >= 15 is 0 Å². The van der Waals surface area contributed by atoms with E-state index in [4.69, 9.17) is 0 Å². The molecular formula is C17H25NO. The lowest BCUT2D eigenvalue weighted by Gasteiger charge is -2.25. The van der Waals surface area contributed by atoms with Gasteiger partial charge in [0.1, 0.15) is 0 Å². The molecule has 2 heteroatoms. The van der Waals surface area contributed by atoms with Gasteiger partial charge in [-0.25, -0.2) is 0 Å². The molecule has 0 bridgehead atoms. The molecule has 0 heterocycles. The molecule has 1 aromatic carbocycles. The summed E-state index contributed by atoms with van der Waals surface area (Å²) < 4.78 is 0. The Balaban J connectivity index is 1.58. The van der Waals surface area contributed by atoms with Crippen LogP contribution in [-0.4, -0.2) is 17.7 Å². The van der Waals surface area contributed by atoms with Crippen molar-refractivity contribution in [2.45, 2.75) is 51.2 Å². The first-order chi connectivity index (χ1) is 9.20. The van der Waals surface area contributed by atoms with Crippen LogP contribution in [0.1, 0.15) is 50.7 Å². The minimum atomic E-state index is -0.306. The van der Waals surface area contributed by atoms with Gasteiger partial charge in [0.05, 0.1) is 6.10 Å². The highest BCUT2D eigenvalue weighted by Gasteiger charge is 2.49. The van der Waals surface area contributed by atoms with E-state index in [0.717, 1.165) is 30.9 Å². The first kappa shape index (κ1) is 13.1. The Morgan fingerprint density at radius 1 is 1.26 bits per heavy atom. The van der Waals surface area contributed by atoms with Crippen LogP contribution in [0.2, 0.25) is 0 Å². The van der Waals surface area contributed by atoms with Crippen LogP contribution < -0.4 is 5.32 Å². The molecule has 1 aromatic rings. The minimum absolute atomic E-state index is 0.104. The van der Waals surface area contributed by atoms with Crippen LogP contribution in [0.5, 0.6) is 0 Å². The topological polar surface area (TPSA) is 32.3 Å². The predicted octanol–water partition coefficient (Wildman–Crippen LogP) is 3.28. The van der Waals surface area contributed by atoms with Crippen molar-refractivity contribution >= 4 is 0 Å². The third-order valence-electron chi connectivity index (χ3n) is 5.03. The molecule has 0 saturated heterocycles. The molecule has 2 nitrogen and oxygen atoms in total. The maximum Gasteiger partial charge on any atom is 0.0858 e. The van der Waals surface area contributed by atoms with Crippen LogP contribution >= 0.6 is 0 Å². The Labute approximate surface area is 116 Å². The Kier molecular flexibility index (Phi) is 3.64. The first-order valence-corrected chi connectivity index (χ1v) is 7.66. The van der Waals surface area contributed by atoms with Gasteiger partial charge < -0.3 is 10.4 Å². The molecule has 3 rings (SSSR count). The van der Waals surface area contributed by atoms with E-state index in [2.05, 4.69) is 12.2 Å². The maximum atomic E-state index is 10.6. The summed E-state index contributed by atoms with van der Waals surface area (Å²) in [6.07, 6.45) is 5.96. The highest BCUT2D eigenvalue weighted by atomic mass is 16.3. The van der Waals surface area contributed by atoms with Crippen LogP contribution in [0.3, 0.4) is 0 Å². The average molecular weight is 259 g/mol. The Bertz CT molecular complexity index is 413. The van der Waals surface area contributed by atoms with Crippen molar-refractivity contribution in [3.8, 4) is 0 Å². The average Bonchev–Trinajstić information content (AvgIpc) is 3.13. The number of nitrogens with one attached hydrogen (secondary N) is 1.